The molecule has 0 radical (unpaired) electrons. The molecule has 1 aromatic carbocycles. The van der Waals surface area contributed by atoms with E-state index in [-0.39, 0.29) is 18.3 Å². The van der Waals surface area contributed by atoms with E-state index in [2.05, 4.69) is 55.7 Å². The van der Waals surface area contributed by atoms with Gasteiger partial charge in [-0.3, -0.25) is 4.90 Å². The second-order valence-electron chi connectivity index (χ2n) is 9.46. The molecular formula is C22H35BN2O4. The van der Waals surface area contributed by atoms with E-state index in [1.54, 1.807) is 0 Å². The van der Waals surface area contributed by atoms with E-state index in [9.17, 15) is 0 Å². The quantitative estimate of drug-likeness (QED) is 0.703. The zero-order chi connectivity index (χ0) is 20.6. The minimum Gasteiger partial charge on any atom is -0.399 e. The van der Waals surface area contributed by atoms with Crippen molar-refractivity contribution in [2.24, 2.45) is 0 Å². The molecular weight excluding hydrogens is 367 g/mol. The summed E-state index contributed by atoms with van der Waals surface area (Å²) < 4.78 is 23.7. The average molecular weight is 402 g/mol. The van der Waals surface area contributed by atoms with Gasteiger partial charge in [-0.15, -0.1) is 0 Å². The van der Waals surface area contributed by atoms with Crippen LogP contribution >= 0.6 is 0 Å². The van der Waals surface area contributed by atoms with E-state index < -0.39 is 0 Å². The third-order valence-electron chi connectivity index (χ3n) is 6.94. The number of benzene rings is 1. The van der Waals surface area contributed by atoms with Crippen molar-refractivity contribution in [3.05, 3.63) is 23.8 Å². The largest absolute Gasteiger partial charge is 0.494 e. The van der Waals surface area contributed by atoms with Gasteiger partial charge in [-0.1, -0.05) is 12.1 Å². The highest BCUT2D eigenvalue weighted by Gasteiger charge is 2.51. The molecule has 160 valence electrons. The summed E-state index contributed by atoms with van der Waals surface area (Å²) in [5.74, 6) is 0. The minimum atomic E-state index is -0.332. The number of methoxy groups -OCH3 is 1. The Morgan fingerprint density at radius 1 is 1.07 bits per heavy atom. The van der Waals surface area contributed by atoms with Crippen molar-refractivity contribution < 1.29 is 18.8 Å². The Morgan fingerprint density at radius 2 is 1.76 bits per heavy atom. The summed E-state index contributed by atoms with van der Waals surface area (Å²) in [6.45, 7) is 14.8. The summed E-state index contributed by atoms with van der Waals surface area (Å²) in [5, 5.41) is 0. The van der Waals surface area contributed by atoms with E-state index >= 15 is 0 Å². The topological polar surface area (TPSA) is 43.4 Å². The summed E-state index contributed by atoms with van der Waals surface area (Å²) in [4.78, 5) is 4.93. The molecule has 4 rings (SSSR count). The Balaban J connectivity index is 1.59. The molecule has 1 atom stereocenters. The van der Waals surface area contributed by atoms with Crippen molar-refractivity contribution in [3.8, 4) is 0 Å². The minimum absolute atomic E-state index is 0.331. The molecule has 0 amide bonds. The number of anilines is 1. The Morgan fingerprint density at radius 3 is 2.38 bits per heavy atom. The molecule has 0 N–H and O–H groups in total. The first-order chi connectivity index (χ1) is 13.8. The average Bonchev–Trinajstić information content (AvgIpc) is 3.23. The fourth-order valence-corrected chi connectivity index (χ4v) is 4.34. The van der Waals surface area contributed by atoms with E-state index in [4.69, 9.17) is 18.8 Å². The molecule has 0 aliphatic carbocycles. The Hall–Kier alpha value is -1.12. The van der Waals surface area contributed by atoms with Gasteiger partial charge >= 0.3 is 7.12 Å². The molecule has 0 aromatic heterocycles. The lowest BCUT2D eigenvalue weighted by Gasteiger charge is -2.32. The van der Waals surface area contributed by atoms with Crippen molar-refractivity contribution in [2.45, 2.75) is 58.0 Å². The zero-order valence-electron chi connectivity index (χ0n) is 18.6. The third kappa shape index (κ3) is 4.35. The lowest BCUT2D eigenvalue weighted by atomic mass is 9.78. The van der Waals surface area contributed by atoms with Gasteiger partial charge in [0.1, 0.15) is 0 Å². The predicted molar refractivity (Wildman–Crippen MR) is 116 cm³/mol. The van der Waals surface area contributed by atoms with Crippen LogP contribution in [0.25, 0.3) is 0 Å². The Labute approximate surface area is 175 Å². The highest BCUT2D eigenvalue weighted by Crippen LogP contribution is 2.37. The van der Waals surface area contributed by atoms with Gasteiger partial charge in [0, 0.05) is 45.5 Å². The summed E-state index contributed by atoms with van der Waals surface area (Å²) in [6, 6.07) is 6.69. The van der Waals surface area contributed by atoms with Gasteiger partial charge in [0.25, 0.3) is 0 Å². The number of ether oxygens (including phenoxy) is 2. The van der Waals surface area contributed by atoms with Gasteiger partial charge in [0.2, 0.25) is 0 Å². The van der Waals surface area contributed by atoms with Crippen molar-refractivity contribution in [2.75, 3.05) is 51.4 Å². The Kier molecular flexibility index (Phi) is 5.97. The van der Waals surface area contributed by atoms with Crippen LogP contribution in [0.15, 0.2) is 18.2 Å². The molecule has 3 aliphatic rings. The fourth-order valence-electron chi connectivity index (χ4n) is 4.34. The smallest absolute Gasteiger partial charge is 0.399 e. The van der Waals surface area contributed by atoms with E-state index in [0.717, 1.165) is 57.8 Å². The Bertz CT molecular complexity index is 705. The van der Waals surface area contributed by atoms with Crippen LogP contribution in [-0.4, -0.2) is 75.8 Å². The maximum atomic E-state index is 6.31. The molecule has 3 saturated heterocycles. The van der Waals surface area contributed by atoms with Gasteiger partial charge in [0.05, 0.1) is 30.5 Å². The van der Waals surface area contributed by atoms with Gasteiger partial charge in [-0.25, -0.2) is 0 Å². The summed E-state index contributed by atoms with van der Waals surface area (Å²) in [7, 11) is 1.48. The van der Waals surface area contributed by atoms with Crippen LogP contribution in [-0.2, 0) is 25.3 Å². The molecule has 7 heteroatoms. The molecule has 29 heavy (non-hydrogen) atoms. The molecule has 3 fully saturated rings. The van der Waals surface area contributed by atoms with Crippen molar-refractivity contribution in [1.29, 1.82) is 0 Å². The molecule has 3 heterocycles. The molecule has 0 spiro atoms. The van der Waals surface area contributed by atoms with Crippen LogP contribution in [0.3, 0.4) is 0 Å². The number of nitrogens with zero attached hydrogens (tertiary/aromatic N) is 2. The highest BCUT2D eigenvalue weighted by atomic mass is 16.7. The van der Waals surface area contributed by atoms with Crippen LogP contribution in [0, 0.1) is 0 Å². The highest BCUT2D eigenvalue weighted by molar-refractivity contribution is 6.62. The first kappa shape index (κ1) is 21.1. The third-order valence-corrected chi connectivity index (χ3v) is 6.94. The van der Waals surface area contributed by atoms with Gasteiger partial charge < -0.3 is 23.7 Å². The number of rotatable bonds is 5. The standard InChI is InChI=1S/C22H35BN2O4/c1-21(2)22(3,4)29-23(28-21)18-6-7-20(25-10-12-27-13-11-25)17(14-18)15-24-9-8-19(16-24)26-5/h6-7,14,19H,8-13,15-16H2,1-5H3. The van der Waals surface area contributed by atoms with Crippen LogP contribution in [0.2, 0.25) is 0 Å². The van der Waals surface area contributed by atoms with Gasteiger partial charge in [-0.2, -0.15) is 0 Å². The van der Waals surface area contributed by atoms with Crippen LogP contribution < -0.4 is 10.4 Å². The van der Waals surface area contributed by atoms with Crippen LogP contribution in [0.1, 0.15) is 39.7 Å². The molecule has 1 aromatic rings. The van der Waals surface area contributed by atoms with Crippen molar-refractivity contribution in [3.63, 3.8) is 0 Å². The number of hydrogen-bond acceptors (Lipinski definition) is 6. The normalized spacial score (nSPS) is 27.0. The van der Waals surface area contributed by atoms with Crippen LogP contribution in [0.4, 0.5) is 5.69 Å². The lowest BCUT2D eigenvalue weighted by Crippen LogP contribution is -2.41. The predicted octanol–water partition coefficient (Wildman–Crippen LogP) is 2.04. The summed E-state index contributed by atoms with van der Waals surface area (Å²) in [5.41, 5.74) is 3.06. The van der Waals surface area contributed by atoms with E-state index in [1.165, 1.54) is 11.3 Å². The SMILES string of the molecule is COC1CCN(Cc2cc(B3OC(C)(C)C(C)(C)O3)ccc2N2CCOCC2)C1. The van der Waals surface area contributed by atoms with E-state index in [1.807, 2.05) is 7.11 Å². The maximum Gasteiger partial charge on any atom is 0.494 e. The number of hydrogen-bond donors (Lipinski definition) is 0. The van der Waals surface area contributed by atoms with Crippen LogP contribution in [0.5, 0.6) is 0 Å². The molecule has 0 bridgehead atoms. The maximum absolute atomic E-state index is 6.31. The second kappa shape index (κ2) is 8.19. The van der Waals surface area contributed by atoms with E-state index in [0.29, 0.717) is 6.10 Å². The van der Waals surface area contributed by atoms with Gasteiger partial charge in [-0.05, 0) is 51.2 Å². The molecule has 0 saturated carbocycles. The lowest BCUT2D eigenvalue weighted by molar-refractivity contribution is 0.00578. The first-order valence-electron chi connectivity index (χ1n) is 10.9. The van der Waals surface area contributed by atoms with Gasteiger partial charge in [0.15, 0.2) is 0 Å². The molecule has 1 unspecified atom stereocenters. The number of likely N-dealkylation sites (tertiary alicyclic amines) is 1. The van der Waals surface area contributed by atoms with Crippen molar-refractivity contribution >= 4 is 18.3 Å². The first-order valence-corrected chi connectivity index (χ1v) is 10.9. The summed E-state index contributed by atoms with van der Waals surface area (Å²) in [6.07, 6.45) is 1.44. The monoisotopic (exact) mass is 402 g/mol. The second-order valence-corrected chi connectivity index (χ2v) is 9.46. The zero-order valence-corrected chi connectivity index (χ0v) is 18.6. The molecule has 6 nitrogen and oxygen atoms in total. The number of morpholine rings is 1. The molecule has 3 aliphatic heterocycles. The fraction of sp³-hybridized carbons (Fsp3) is 0.727. The van der Waals surface area contributed by atoms with Crippen molar-refractivity contribution in [1.82, 2.24) is 4.90 Å². The summed E-state index contributed by atoms with van der Waals surface area (Å²) >= 11 is 0.